The lowest BCUT2D eigenvalue weighted by molar-refractivity contribution is 0.308. The van der Waals surface area contributed by atoms with Crippen molar-refractivity contribution in [1.29, 1.82) is 0 Å². The van der Waals surface area contributed by atoms with Crippen LogP contribution in [0.4, 0.5) is 5.69 Å². The lowest BCUT2D eigenvalue weighted by Crippen LogP contribution is -2.00. The van der Waals surface area contributed by atoms with Crippen LogP contribution in [0.2, 0.25) is 0 Å². The number of para-hydroxylation sites is 6. The van der Waals surface area contributed by atoms with Gasteiger partial charge in [0.1, 0.15) is 12.4 Å². The Hall–Kier alpha value is -6.26. The standard InChI is InChI=1S/C43H31N3O/c44-38-15-5-10-20-43(38)47-28-29-21-23-30(24-22-29)31-25-32(45-39-16-6-1-11-34(39)35-12-2-7-17-40(35)45)27-33(26-31)46-41-18-8-3-13-36(41)37-14-4-9-19-42(37)46/h1-27H,28,44H2. The Kier molecular flexibility index (Phi) is 6.32. The number of benzene rings is 7. The van der Waals surface area contributed by atoms with Gasteiger partial charge in [0, 0.05) is 32.9 Å². The van der Waals surface area contributed by atoms with Crippen molar-refractivity contribution in [1.82, 2.24) is 9.13 Å². The van der Waals surface area contributed by atoms with Crippen LogP contribution in [0.5, 0.6) is 5.75 Å². The normalized spacial score (nSPS) is 11.6. The molecule has 4 heteroatoms. The summed E-state index contributed by atoms with van der Waals surface area (Å²) in [5, 5.41) is 4.98. The Morgan fingerprint density at radius 1 is 0.426 bits per heavy atom. The largest absolute Gasteiger partial charge is 0.487 e. The fourth-order valence-electron chi connectivity index (χ4n) is 6.99. The molecule has 224 valence electrons. The fraction of sp³-hybridized carbons (Fsp3) is 0.0233. The number of nitrogen functional groups attached to an aromatic ring is 1. The van der Waals surface area contributed by atoms with E-state index >= 15 is 0 Å². The van der Waals surface area contributed by atoms with Crippen LogP contribution in [0.1, 0.15) is 5.56 Å². The van der Waals surface area contributed by atoms with Crippen molar-refractivity contribution in [3.63, 3.8) is 0 Å². The van der Waals surface area contributed by atoms with E-state index in [0.717, 1.165) is 28.1 Å². The number of nitrogens with two attached hydrogens (primary N) is 1. The van der Waals surface area contributed by atoms with E-state index in [1.165, 1.54) is 43.6 Å². The first-order chi connectivity index (χ1) is 23.2. The molecule has 0 radical (unpaired) electrons. The third kappa shape index (κ3) is 4.53. The van der Waals surface area contributed by atoms with Gasteiger partial charge in [0.2, 0.25) is 0 Å². The molecule has 47 heavy (non-hydrogen) atoms. The van der Waals surface area contributed by atoms with E-state index in [1.54, 1.807) is 0 Å². The summed E-state index contributed by atoms with van der Waals surface area (Å²) in [5.74, 6) is 0.700. The molecule has 2 N–H and O–H groups in total. The number of hydrogen-bond donors (Lipinski definition) is 1. The predicted octanol–water partition coefficient (Wildman–Crippen LogP) is 10.7. The zero-order valence-electron chi connectivity index (χ0n) is 25.7. The van der Waals surface area contributed by atoms with Gasteiger partial charge in [-0.1, -0.05) is 109 Å². The highest BCUT2D eigenvalue weighted by Crippen LogP contribution is 2.37. The van der Waals surface area contributed by atoms with Crippen molar-refractivity contribution in [3.05, 3.63) is 169 Å². The first kappa shape index (κ1) is 27.1. The molecule has 0 aliphatic heterocycles. The minimum atomic E-state index is 0.447. The van der Waals surface area contributed by atoms with Gasteiger partial charge in [-0.25, -0.2) is 0 Å². The fourth-order valence-corrected chi connectivity index (χ4v) is 6.99. The number of hydrogen-bond acceptors (Lipinski definition) is 2. The maximum absolute atomic E-state index is 6.10. The van der Waals surface area contributed by atoms with Crippen LogP contribution in [0, 0.1) is 0 Å². The molecule has 0 aliphatic rings. The lowest BCUT2D eigenvalue weighted by Gasteiger charge is -2.16. The summed E-state index contributed by atoms with van der Waals surface area (Å²) in [5.41, 5.74) is 17.1. The monoisotopic (exact) mass is 605 g/mol. The SMILES string of the molecule is Nc1ccccc1OCc1ccc(-c2cc(-n3c4ccccc4c4ccccc43)cc(-n3c4ccccc4c4ccccc43)c2)cc1. The zero-order valence-corrected chi connectivity index (χ0v) is 25.7. The summed E-state index contributed by atoms with van der Waals surface area (Å²) in [6.45, 7) is 0.447. The molecule has 0 saturated carbocycles. The molecule has 0 saturated heterocycles. The van der Waals surface area contributed by atoms with E-state index in [9.17, 15) is 0 Å². The van der Waals surface area contributed by atoms with Crippen molar-refractivity contribution in [3.8, 4) is 28.3 Å². The van der Waals surface area contributed by atoms with Gasteiger partial charge in [0.05, 0.1) is 27.8 Å². The van der Waals surface area contributed by atoms with Crippen LogP contribution >= 0.6 is 0 Å². The van der Waals surface area contributed by atoms with Gasteiger partial charge in [-0.05, 0) is 71.3 Å². The number of nitrogens with zero attached hydrogens (tertiary/aromatic N) is 2. The summed E-state index contributed by atoms with van der Waals surface area (Å²) in [4.78, 5) is 0. The number of anilines is 1. The van der Waals surface area contributed by atoms with Gasteiger partial charge < -0.3 is 19.6 Å². The van der Waals surface area contributed by atoms with E-state index in [0.29, 0.717) is 18.0 Å². The first-order valence-electron chi connectivity index (χ1n) is 15.9. The second-order valence-electron chi connectivity index (χ2n) is 12.0. The summed E-state index contributed by atoms with van der Waals surface area (Å²) < 4.78 is 10.8. The van der Waals surface area contributed by atoms with Gasteiger partial charge in [-0.15, -0.1) is 0 Å². The maximum atomic E-state index is 6.10. The average Bonchev–Trinajstić information content (AvgIpc) is 3.65. The van der Waals surface area contributed by atoms with E-state index < -0.39 is 0 Å². The third-order valence-electron chi connectivity index (χ3n) is 9.18. The maximum Gasteiger partial charge on any atom is 0.142 e. The van der Waals surface area contributed by atoms with Gasteiger partial charge in [0.15, 0.2) is 0 Å². The molecule has 0 unspecified atom stereocenters. The van der Waals surface area contributed by atoms with Crippen molar-refractivity contribution in [2.45, 2.75) is 6.61 Å². The van der Waals surface area contributed by atoms with Gasteiger partial charge >= 0.3 is 0 Å². The van der Waals surface area contributed by atoms with Crippen LogP contribution in [0.15, 0.2) is 164 Å². The van der Waals surface area contributed by atoms with E-state index in [1.807, 2.05) is 24.3 Å². The van der Waals surface area contributed by atoms with Gasteiger partial charge in [-0.2, -0.15) is 0 Å². The number of rotatable bonds is 6. The summed E-state index contributed by atoms with van der Waals surface area (Å²) in [6.07, 6.45) is 0. The zero-order chi connectivity index (χ0) is 31.3. The molecule has 2 heterocycles. The van der Waals surface area contributed by atoms with Crippen LogP contribution < -0.4 is 10.5 Å². The van der Waals surface area contributed by atoms with Gasteiger partial charge in [0.25, 0.3) is 0 Å². The Bertz CT molecular complexity index is 2350. The molecule has 0 spiro atoms. The van der Waals surface area contributed by atoms with E-state index in [2.05, 4.69) is 149 Å². The van der Waals surface area contributed by atoms with Crippen LogP contribution in [-0.4, -0.2) is 9.13 Å². The molecule has 0 fully saturated rings. The van der Waals surface area contributed by atoms with Crippen LogP contribution in [0.3, 0.4) is 0 Å². The Morgan fingerprint density at radius 3 is 1.32 bits per heavy atom. The quantitative estimate of drug-likeness (QED) is 0.192. The van der Waals surface area contributed by atoms with Crippen molar-refractivity contribution >= 4 is 49.3 Å². The Labute approximate surface area is 272 Å². The van der Waals surface area contributed by atoms with Crippen LogP contribution in [0.25, 0.3) is 66.1 Å². The second-order valence-corrected chi connectivity index (χ2v) is 12.0. The number of ether oxygens (including phenoxy) is 1. The topological polar surface area (TPSA) is 45.1 Å². The molecule has 2 aromatic heterocycles. The highest BCUT2D eigenvalue weighted by atomic mass is 16.5. The van der Waals surface area contributed by atoms with Crippen molar-refractivity contribution < 1.29 is 4.74 Å². The molecule has 0 aliphatic carbocycles. The molecule has 4 nitrogen and oxygen atoms in total. The third-order valence-corrected chi connectivity index (χ3v) is 9.18. The Balaban J connectivity index is 1.24. The smallest absolute Gasteiger partial charge is 0.142 e. The summed E-state index contributed by atoms with van der Waals surface area (Å²) >= 11 is 0. The molecule has 0 atom stereocenters. The minimum Gasteiger partial charge on any atom is -0.487 e. The second kappa shape index (κ2) is 11.0. The van der Waals surface area contributed by atoms with Crippen LogP contribution in [-0.2, 0) is 6.61 Å². The predicted molar refractivity (Wildman–Crippen MR) is 196 cm³/mol. The average molecular weight is 606 g/mol. The molecule has 9 aromatic rings. The van der Waals surface area contributed by atoms with Gasteiger partial charge in [-0.3, -0.25) is 0 Å². The molecular formula is C43H31N3O. The number of fused-ring (bicyclic) bond motifs is 6. The lowest BCUT2D eigenvalue weighted by atomic mass is 10.0. The molecule has 9 rings (SSSR count). The molecule has 7 aromatic carbocycles. The highest BCUT2D eigenvalue weighted by molar-refractivity contribution is 6.10. The first-order valence-corrected chi connectivity index (χ1v) is 15.9. The number of aromatic nitrogens is 2. The molecule has 0 amide bonds. The summed E-state index contributed by atoms with van der Waals surface area (Å²) in [6, 6.07) is 58.0. The van der Waals surface area contributed by atoms with E-state index in [-0.39, 0.29) is 0 Å². The summed E-state index contributed by atoms with van der Waals surface area (Å²) in [7, 11) is 0. The van der Waals surface area contributed by atoms with Crippen molar-refractivity contribution in [2.24, 2.45) is 0 Å². The molecular weight excluding hydrogens is 574 g/mol. The molecule has 0 bridgehead atoms. The highest BCUT2D eigenvalue weighted by Gasteiger charge is 2.17. The minimum absolute atomic E-state index is 0.447. The van der Waals surface area contributed by atoms with Crippen molar-refractivity contribution in [2.75, 3.05) is 5.73 Å². The Morgan fingerprint density at radius 2 is 0.851 bits per heavy atom. The van der Waals surface area contributed by atoms with E-state index in [4.69, 9.17) is 10.5 Å².